The number of aromatic nitrogens is 5. The molecule has 12 heteroatoms. The Kier molecular flexibility index (Phi) is 7.90. The number of benzene rings is 1. The highest BCUT2D eigenvalue weighted by Gasteiger charge is 2.35. The number of pyridine rings is 2. The fourth-order valence-electron chi connectivity index (χ4n) is 5.27. The summed E-state index contributed by atoms with van der Waals surface area (Å²) >= 11 is 0. The molecule has 0 aliphatic carbocycles. The maximum Gasteiger partial charge on any atom is 0.185 e. The molecule has 0 radical (unpaired) electrons. The van der Waals surface area contributed by atoms with E-state index < -0.39 is 34.5 Å². The number of carbonyl (C=O) groups is 1. The second kappa shape index (κ2) is 11.5. The Hall–Kier alpha value is -4.16. The lowest BCUT2D eigenvalue weighted by Crippen LogP contribution is -2.53. The fourth-order valence-corrected chi connectivity index (χ4v) is 5.27. The first-order valence-corrected chi connectivity index (χ1v) is 12.7. The molecule has 1 saturated heterocycles. The maximum absolute atomic E-state index is 14.5. The molecular formula is C28H28F3N7O2. The number of piperidine rings is 1. The molecule has 0 bridgehead atoms. The van der Waals surface area contributed by atoms with Gasteiger partial charge in [-0.2, -0.15) is 0 Å². The van der Waals surface area contributed by atoms with E-state index >= 15 is 0 Å². The van der Waals surface area contributed by atoms with Crippen LogP contribution in [0.2, 0.25) is 0 Å². The summed E-state index contributed by atoms with van der Waals surface area (Å²) in [6, 6.07) is 6.82. The van der Waals surface area contributed by atoms with E-state index in [0.29, 0.717) is 25.3 Å². The molecule has 40 heavy (non-hydrogen) atoms. The van der Waals surface area contributed by atoms with Gasteiger partial charge in [0, 0.05) is 56.3 Å². The van der Waals surface area contributed by atoms with E-state index in [-0.39, 0.29) is 30.1 Å². The zero-order valence-electron chi connectivity index (χ0n) is 22.0. The molecule has 2 N–H and O–H groups in total. The van der Waals surface area contributed by atoms with Gasteiger partial charge in [0.2, 0.25) is 0 Å². The molecule has 4 heterocycles. The molecule has 4 aromatic rings. The van der Waals surface area contributed by atoms with Crippen LogP contribution in [0.15, 0.2) is 55.0 Å². The number of halogens is 3. The molecule has 3 atom stereocenters. The molecule has 0 amide bonds. The van der Waals surface area contributed by atoms with Gasteiger partial charge < -0.3 is 15.4 Å². The zero-order valence-corrected chi connectivity index (χ0v) is 22.0. The highest BCUT2D eigenvalue weighted by molar-refractivity contribution is 5.97. The molecule has 0 saturated carbocycles. The first kappa shape index (κ1) is 27.4. The number of carbonyl (C=O) groups excluding carboxylic acids is 1. The predicted octanol–water partition coefficient (Wildman–Crippen LogP) is 3.75. The van der Waals surface area contributed by atoms with Gasteiger partial charge in [-0.3, -0.25) is 9.78 Å². The van der Waals surface area contributed by atoms with Gasteiger partial charge in [-0.15, -0.1) is 5.10 Å². The third kappa shape index (κ3) is 5.45. The third-order valence-corrected chi connectivity index (χ3v) is 7.02. The van der Waals surface area contributed by atoms with Crippen LogP contribution < -0.4 is 10.6 Å². The van der Waals surface area contributed by atoms with Crippen molar-refractivity contribution in [1.29, 1.82) is 0 Å². The van der Waals surface area contributed by atoms with E-state index in [1.807, 2.05) is 12.3 Å². The summed E-state index contributed by atoms with van der Waals surface area (Å²) in [5, 5.41) is 8.39. The summed E-state index contributed by atoms with van der Waals surface area (Å²) in [6.07, 6.45) is 4.96. The lowest BCUT2D eigenvalue weighted by molar-refractivity contribution is 0.0988. The second-order valence-electron chi connectivity index (χ2n) is 9.89. The Morgan fingerprint density at radius 3 is 2.60 bits per heavy atom. The second-order valence-corrected chi connectivity index (χ2v) is 9.89. The molecule has 1 aromatic carbocycles. The molecule has 9 nitrogen and oxygen atoms in total. The van der Waals surface area contributed by atoms with Gasteiger partial charge >= 0.3 is 0 Å². The van der Waals surface area contributed by atoms with Crippen molar-refractivity contribution in [2.45, 2.75) is 32.0 Å². The van der Waals surface area contributed by atoms with E-state index in [0.717, 1.165) is 29.6 Å². The average Bonchev–Trinajstić information content (AvgIpc) is 3.37. The number of ketones is 1. The van der Waals surface area contributed by atoms with E-state index in [1.54, 1.807) is 24.2 Å². The molecule has 1 aliphatic heterocycles. The van der Waals surface area contributed by atoms with Crippen LogP contribution in [-0.2, 0) is 17.8 Å². The molecule has 3 aromatic heterocycles. The van der Waals surface area contributed by atoms with Crippen molar-refractivity contribution in [1.82, 2.24) is 25.0 Å². The first-order valence-electron chi connectivity index (χ1n) is 12.7. The van der Waals surface area contributed by atoms with E-state index in [1.165, 1.54) is 12.1 Å². The quantitative estimate of drug-likeness (QED) is 0.330. The van der Waals surface area contributed by atoms with Crippen molar-refractivity contribution in [2.24, 2.45) is 11.7 Å². The van der Waals surface area contributed by atoms with Crippen molar-refractivity contribution in [3.05, 3.63) is 89.4 Å². The standard InChI is InChI=1S/C28H28F3N7O2/c1-16-12-37(14-22(32)28(16)38-13-18(15-40-2)35-36-38)24-8-9-33-11-17(24)10-25(39)23-7-6-21(31)27(34-23)26-19(29)4-3-5-20(26)30/h3-9,11,13,16,22,28H,10,12,14-15,32H2,1-2H3/t16-,22+,28?/m0/s1. The van der Waals surface area contributed by atoms with Crippen LogP contribution in [0.4, 0.5) is 18.9 Å². The number of rotatable bonds is 8. The fraction of sp³-hybridized carbons (Fsp3) is 0.321. The number of anilines is 1. The number of nitrogens with two attached hydrogens (primary N) is 1. The summed E-state index contributed by atoms with van der Waals surface area (Å²) in [5.41, 5.74) is 7.44. The van der Waals surface area contributed by atoms with Crippen molar-refractivity contribution in [3.8, 4) is 11.3 Å². The summed E-state index contributed by atoms with van der Waals surface area (Å²) in [5.74, 6) is -3.24. The highest BCUT2D eigenvalue weighted by atomic mass is 19.1. The van der Waals surface area contributed by atoms with Gasteiger partial charge in [0.05, 0.1) is 24.4 Å². The summed E-state index contributed by atoms with van der Waals surface area (Å²) < 4.78 is 50.1. The number of hydrogen-bond donors (Lipinski definition) is 1. The van der Waals surface area contributed by atoms with Gasteiger partial charge in [0.15, 0.2) is 5.78 Å². The van der Waals surface area contributed by atoms with Crippen LogP contribution in [0.5, 0.6) is 0 Å². The molecule has 1 unspecified atom stereocenters. The van der Waals surface area contributed by atoms with Gasteiger partial charge in [-0.05, 0) is 36.2 Å². The van der Waals surface area contributed by atoms with Crippen molar-refractivity contribution < 1.29 is 22.7 Å². The Bertz CT molecular complexity index is 1500. The Labute approximate surface area is 228 Å². The lowest BCUT2D eigenvalue weighted by atomic mass is 9.89. The van der Waals surface area contributed by atoms with Crippen molar-refractivity contribution in [3.63, 3.8) is 0 Å². The van der Waals surface area contributed by atoms with Gasteiger partial charge in [-0.1, -0.05) is 18.2 Å². The monoisotopic (exact) mass is 551 g/mol. The minimum absolute atomic E-state index is 0.0816. The highest BCUT2D eigenvalue weighted by Crippen LogP contribution is 2.32. The number of ether oxygens (including phenoxy) is 1. The number of Topliss-reactive ketones (excluding diaryl/α,β-unsaturated/α-hetero) is 1. The number of nitrogens with zero attached hydrogens (tertiary/aromatic N) is 6. The van der Waals surface area contributed by atoms with Crippen LogP contribution in [0, 0.1) is 23.4 Å². The Morgan fingerprint density at radius 2 is 1.88 bits per heavy atom. The molecule has 208 valence electrons. The number of hydrogen-bond acceptors (Lipinski definition) is 8. The molecule has 0 spiro atoms. The lowest BCUT2D eigenvalue weighted by Gasteiger charge is -2.42. The van der Waals surface area contributed by atoms with E-state index in [4.69, 9.17) is 10.5 Å². The smallest absolute Gasteiger partial charge is 0.185 e. The topological polar surface area (TPSA) is 112 Å². The summed E-state index contributed by atoms with van der Waals surface area (Å²) in [6.45, 7) is 3.56. The minimum atomic E-state index is -0.972. The Balaban J connectivity index is 1.37. The average molecular weight is 552 g/mol. The predicted molar refractivity (Wildman–Crippen MR) is 141 cm³/mol. The van der Waals surface area contributed by atoms with Crippen LogP contribution in [-0.4, -0.2) is 57.0 Å². The van der Waals surface area contributed by atoms with Crippen molar-refractivity contribution in [2.75, 3.05) is 25.1 Å². The van der Waals surface area contributed by atoms with Crippen LogP contribution in [0.1, 0.15) is 34.7 Å². The summed E-state index contributed by atoms with van der Waals surface area (Å²) in [4.78, 5) is 23.5. The summed E-state index contributed by atoms with van der Waals surface area (Å²) in [7, 11) is 1.59. The number of methoxy groups -OCH3 is 1. The molecule has 1 fully saturated rings. The normalized spacial score (nSPS) is 19.1. The molecular weight excluding hydrogens is 523 g/mol. The third-order valence-electron chi connectivity index (χ3n) is 7.02. The van der Waals surface area contributed by atoms with Gasteiger partial charge in [-0.25, -0.2) is 22.8 Å². The molecule has 5 rings (SSSR count). The van der Waals surface area contributed by atoms with Gasteiger partial charge in [0.1, 0.15) is 34.5 Å². The van der Waals surface area contributed by atoms with Gasteiger partial charge in [0.25, 0.3) is 0 Å². The van der Waals surface area contributed by atoms with Crippen molar-refractivity contribution >= 4 is 11.5 Å². The maximum atomic E-state index is 14.5. The van der Waals surface area contributed by atoms with Crippen LogP contribution >= 0.6 is 0 Å². The largest absolute Gasteiger partial charge is 0.378 e. The first-order chi connectivity index (χ1) is 19.3. The van der Waals surface area contributed by atoms with Crippen LogP contribution in [0.25, 0.3) is 11.3 Å². The van der Waals surface area contributed by atoms with E-state index in [9.17, 15) is 18.0 Å². The van der Waals surface area contributed by atoms with E-state index in [2.05, 4.69) is 32.1 Å². The SMILES string of the molecule is COCc1cn(C2[C@H](N)CN(c3ccncc3CC(=O)c3ccc(F)c(-c4c(F)cccc4F)n3)C[C@@H]2C)nn1. The Morgan fingerprint density at radius 1 is 1.10 bits per heavy atom. The van der Waals surface area contributed by atoms with Crippen LogP contribution in [0.3, 0.4) is 0 Å². The minimum Gasteiger partial charge on any atom is -0.378 e. The zero-order chi connectivity index (χ0) is 28.4. The molecule has 1 aliphatic rings.